The molecule has 1 spiro atoms. The van der Waals surface area contributed by atoms with Crippen LogP contribution in [0.25, 0.3) is 0 Å². The van der Waals surface area contributed by atoms with E-state index >= 15 is 0 Å². The average molecular weight is 559 g/mol. The molecule has 210 valence electrons. The first-order chi connectivity index (χ1) is 18.9. The van der Waals surface area contributed by atoms with Gasteiger partial charge in [0.2, 0.25) is 0 Å². The Balaban J connectivity index is 1.23. The van der Waals surface area contributed by atoms with E-state index in [1.54, 1.807) is 0 Å². The van der Waals surface area contributed by atoms with Crippen molar-refractivity contribution in [2.24, 2.45) is 0 Å². The molecule has 5 atom stereocenters. The zero-order valence-electron chi connectivity index (χ0n) is 22.1. The van der Waals surface area contributed by atoms with Gasteiger partial charge in [0.05, 0.1) is 35.6 Å². The molecule has 7 rings (SSSR count). The molecule has 10 heteroatoms. The summed E-state index contributed by atoms with van der Waals surface area (Å²) in [7, 11) is 0. The van der Waals surface area contributed by atoms with Crippen LogP contribution < -0.4 is 9.64 Å². The van der Waals surface area contributed by atoms with Crippen molar-refractivity contribution >= 4 is 17.4 Å². The van der Waals surface area contributed by atoms with Crippen LogP contribution in [0.5, 0.6) is 6.01 Å². The second-order valence-corrected chi connectivity index (χ2v) is 12.5. The van der Waals surface area contributed by atoms with Gasteiger partial charge in [-0.2, -0.15) is 9.97 Å². The summed E-state index contributed by atoms with van der Waals surface area (Å²) in [6.45, 7) is 3.22. The Bertz CT molecular complexity index is 1260. The molecule has 0 bridgehead atoms. The number of nitrogens with zero attached hydrogens (tertiary/aromatic N) is 4. The molecule has 1 aromatic heterocycles. The third-order valence-electron chi connectivity index (χ3n) is 9.75. The van der Waals surface area contributed by atoms with E-state index in [1.165, 1.54) is 0 Å². The lowest BCUT2D eigenvalue weighted by Gasteiger charge is -2.37. The molecule has 4 unspecified atom stereocenters. The van der Waals surface area contributed by atoms with Gasteiger partial charge in [0.15, 0.2) is 0 Å². The molecule has 0 saturated carbocycles. The van der Waals surface area contributed by atoms with Crippen molar-refractivity contribution in [2.75, 3.05) is 37.7 Å². The van der Waals surface area contributed by atoms with E-state index < -0.39 is 24.0 Å². The fourth-order valence-electron chi connectivity index (χ4n) is 7.61. The minimum atomic E-state index is -0.824. The number of aliphatic hydroxyl groups excluding tert-OH is 2. The van der Waals surface area contributed by atoms with Crippen LogP contribution in [0.2, 0.25) is 5.02 Å². The van der Waals surface area contributed by atoms with Crippen LogP contribution in [0.4, 0.5) is 10.2 Å². The smallest absolute Gasteiger partial charge is 0.318 e. The average Bonchev–Trinajstić information content (AvgIpc) is 3.53. The van der Waals surface area contributed by atoms with Gasteiger partial charge in [0, 0.05) is 43.1 Å². The van der Waals surface area contributed by atoms with Crippen molar-refractivity contribution in [3.8, 4) is 6.01 Å². The van der Waals surface area contributed by atoms with Gasteiger partial charge in [0.25, 0.3) is 0 Å². The van der Waals surface area contributed by atoms with Crippen molar-refractivity contribution < 1.29 is 24.1 Å². The van der Waals surface area contributed by atoms with E-state index in [0.717, 1.165) is 65.5 Å². The summed E-state index contributed by atoms with van der Waals surface area (Å²) in [5.41, 5.74) is 3.32. The van der Waals surface area contributed by atoms with Crippen molar-refractivity contribution in [3.05, 3.63) is 45.6 Å². The Morgan fingerprint density at radius 1 is 1.10 bits per heavy atom. The number of hydrogen-bond acceptors (Lipinski definition) is 8. The lowest BCUT2D eigenvalue weighted by atomic mass is 9.87. The lowest BCUT2D eigenvalue weighted by molar-refractivity contribution is -0.0730. The highest BCUT2D eigenvalue weighted by atomic mass is 35.5. The molecule has 5 heterocycles. The van der Waals surface area contributed by atoms with E-state index in [-0.39, 0.29) is 5.54 Å². The van der Waals surface area contributed by atoms with Gasteiger partial charge in [-0.25, -0.2) is 4.39 Å². The molecule has 3 saturated heterocycles. The Morgan fingerprint density at radius 2 is 1.92 bits per heavy atom. The highest BCUT2D eigenvalue weighted by Gasteiger charge is 2.50. The Hall–Kier alpha value is -2.04. The number of hydrogen-bond donors (Lipinski definition) is 2. The zero-order chi connectivity index (χ0) is 26.8. The lowest BCUT2D eigenvalue weighted by Crippen LogP contribution is -2.43. The topological polar surface area (TPSA) is 91.2 Å². The third kappa shape index (κ3) is 4.41. The highest BCUT2D eigenvalue weighted by molar-refractivity contribution is 6.31. The summed E-state index contributed by atoms with van der Waals surface area (Å²) in [6.07, 6.45) is 3.29. The van der Waals surface area contributed by atoms with E-state index in [2.05, 4.69) is 15.9 Å². The molecule has 2 aromatic rings. The zero-order valence-corrected chi connectivity index (χ0v) is 22.9. The number of benzene rings is 1. The van der Waals surface area contributed by atoms with Crippen LogP contribution in [-0.4, -0.2) is 81.8 Å². The maximum absolute atomic E-state index is 14.4. The number of aromatic nitrogens is 2. The highest BCUT2D eigenvalue weighted by Crippen LogP contribution is 2.49. The van der Waals surface area contributed by atoms with Crippen LogP contribution in [0, 0.1) is 0 Å². The fraction of sp³-hybridized carbons (Fsp3) is 0.655. The third-order valence-corrected chi connectivity index (χ3v) is 10.1. The van der Waals surface area contributed by atoms with Crippen LogP contribution in [-0.2, 0) is 29.8 Å². The molecule has 0 radical (unpaired) electrons. The van der Waals surface area contributed by atoms with Gasteiger partial charge >= 0.3 is 6.01 Å². The first-order valence-electron chi connectivity index (χ1n) is 14.3. The Labute approximate surface area is 233 Å². The molecular weight excluding hydrogens is 523 g/mol. The van der Waals surface area contributed by atoms with Crippen LogP contribution >= 0.6 is 11.6 Å². The normalized spacial score (nSPS) is 34.2. The number of halogens is 2. The minimum Gasteiger partial charge on any atom is -0.461 e. The number of anilines is 1. The molecule has 1 aliphatic carbocycles. The van der Waals surface area contributed by atoms with Gasteiger partial charge in [-0.1, -0.05) is 23.7 Å². The number of rotatable bonds is 4. The summed E-state index contributed by atoms with van der Waals surface area (Å²) in [5, 5.41) is 21.3. The summed E-state index contributed by atoms with van der Waals surface area (Å²) < 4.78 is 27.3. The predicted molar refractivity (Wildman–Crippen MR) is 144 cm³/mol. The number of aliphatic hydroxyl groups is 2. The molecule has 2 N–H and O–H groups in total. The molecule has 3 fully saturated rings. The second kappa shape index (κ2) is 9.80. The predicted octanol–water partition coefficient (Wildman–Crippen LogP) is 3.32. The van der Waals surface area contributed by atoms with Gasteiger partial charge < -0.3 is 24.6 Å². The van der Waals surface area contributed by atoms with Crippen molar-refractivity contribution in [1.29, 1.82) is 0 Å². The first kappa shape index (κ1) is 25.9. The summed E-state index contributed by atoms with van der Waals surface area (Å²) >= 11 is 6.54. The number of alkyl halides is 1. The standard InChI is InChI=1S/C29H36ClFN4O4/c30-22-4-1-3-21-19(22)5-9-29(21)14-23-20(16-39-29)26(34-11-6-24(36)25(37)7-12-34)33-27(32-23)38-17-28-8-2-10-35(28)15-18(31)13-28/h1,3-4,18,24-25,36-37H,2,5-17H2/t18?,24?,25?,28-,29?/m0/s1. The quantitative estimate of drug-likeness (QED) is 0.591. The second-order valence-electron chi connectivity index (χ2n) is 12.0. The van der Waals surface area contributed by atoms with Crippen molar-refractivity contribution in [2.45, 2.75) is 87.5 Å². The maximum Gasteiger partial charge on any atom is 0.318 e. The van der Waals surface area contributed by atoms with E-state index in [4.69, 9.17) is 31.0 Å². The fourth-order valence-corrected chi connectivity index (χ4v) is 7.88. The van der Waals surface area contributed by atoms with Crippen LogP contribution in [0.1, 0.15) is 60.9 Å². The van der Waals surface area contributed by atoms with Gasteiger partial charge in [0.1, 0.15) is 18.6 Å². The van der Waals surface area contributed by atoms with E-state index in [0.29, 0.717) is 64.5 Å². The Kier molecular flexibility index (Phi) is 6.51. The van der Waals surface area contributed by atoms with Crippen LogP contribution in [0.15, 0.2) is 18.2 Å². The molecular formula is C29H36ClFN4O4. The molecule has 1 aromatic carbocycles. The maximum atomic E-state index is 14.4. The first-order valence-corrected chi connectivity index (χ1v) is 14.7. The van der Waals surface area contributed by atoms with E-state index in [9.17, 15) is 14.6 Å². The Morgan fingerprint density at radius 3 is 2.74 bits per heavy atom. The number of ether oxygens (including phenoxy) is 2. The van der Waals surface area contributed by atoms with Crippen molar-refractivity contribution in [3.63, 3.8) is 0 Å². The van der Waals surface area contributed by atoms with E-state index in [1.807, 2.05) is 12.1 Å². The summed E-state index contributed by atoms with van der Waals surface area (Å²) in [5.74, 6) is 0.742. The molecule has 5 aliphatic rings. The molecule has 0 amide bonds. The van der Waals surface area contributed by atoms with Gasteiger partial charge in [-0.05, 0) is 62.3 Å². The number of fused-ring (bicyclic) bond motifs is 4. The molecule has 8 nitrogen and oxygen atoms in total. The van der Waals surface area contributed by atoms with Gasteiger partial charge in [-0.3, -0.25) is 4.90 Å². The molecule has 39 heavy (non-hydrogen) atoms. The summed E-state index contributed by atoms with van der Waals surface area (Å²) in [4.78, 5) is 14.2. The van der Waals surface area contributed by atoms with Crippen molar-refractivity contribution in [1.82, 2.24) is 14.9 Å². The SMILES string of the molecule is OC1CCN(c2nc(OC[C@@]34CCCN3CC(F)C4)nc3c2COC2(CCc4c(Cl)cccc42)C3)CCC1O. The monoisotopic (exact) mass is 558 g/mol. The van der Waals surface area contributed by atoms with Crippen LogP contribution in [0.3, 0.4) is 0 Å². The molecule has 4 aliphatic heterocycles. The largest absolute Gasteiger partial charge is 0.461 e. The minimum absolute atomic E-state index is 0.291. The summed E-state index contributed by atoms with van der Waals surface area (Å²) in [6, 6.07) is 6.32. The van der Waals surface area contributed by atoms with Gasteiger partial charge in [-0.15, -0.1) is 0 Å².